The number of aromatic carboxylic acids is 1. The molecular weight excluding hydrogens is 380 g/mol. The van der Waals surface area contributed by atoms with Crippen LogP contribution in [0.1, 0.15) is 10.4 Å². The summed E-state index contributed by atoms with van der Waals surface area (Å²) >= 11 is 4.38. The Morgan fingerprint density at radius 1 is 1.29 bits per heavy atom. The molecule has 0 spiro atoms. The zero-order chi connectivity index (χ0) is 15.6. The molecule has 0 unspecified atom stereocenters. The van der Waals surface area contributed by atoms with Crippen LogP contribution < -0.4 is 5.14 Å². The number of benzene rings is 1. The Morgan fingerprint density at radius 2 is 2.00 bits per heavy atom. The van der Waals surface area contributed by atoms with Gasteiger partial charge in [0.2, 0.25) is 10.0 Å². The maximum absolute atomic E-state index is 11.3. The van der Waals surface area contributed by atoms with Crippen LogP contribution in [0.2, 0.25) is 0 Å². The number of pyridine rings is 1. The number of carboxylic acid groups (broad SMARTS) is 1. The highest BCUT2D eigenvalue weighted by Crippen LogP contribution is 2.31. The summed E-state index contributed by atoms with van der Waals surface area (Å²) in [4.78, 5) is 15.5. The number of hydrogen-bond donors (Lipinski definition) is 2. The molecule has 0 aliphatic rings. The standard InChI is InChI=1S/C12H9BrN2O4S2/c13-7-1-4-11(15-6-7)20-10-3-2-8(21(14,18)19)5-9(10)12(16)17/h1-6H,(H,16,17)(H2,14,18,19). The van der Waals surface area contributed by atoms with Gasteiger partial charge in [-0.25, -0.2) is 23.3 Å². The van der Waals surface area contributed by atoms with E-state index in [2.05, 4.69) is 20.9 Å². The van der Waals surface area contributed by atoms with Crippen molar-refractivity contribution in [3.63, 3.8) is 0 Å². The van der Waals surface area contributed by atoms with Gasteiger partial charge in [0.15, 0.2) is 0 Å². The smallest absolute Gasteiger partial charge is 0.336 e. The molecule has 1 aromatic heterocycles. The molecule has 0 radical (unpaired) electrons. The second-order valence-corrected chi connectivity index (χ2v) is 7.46. The minimum absolute atomic E-state index is 0.142. The summed E-state index contributed by atoms with van der Waals surface area (Å²) in [5.41, 5.74) is -0.142. The van der Waals surface area contributed by atoms with Gasteiger partial charge in [-0.3, -0.25) is 0 Å². The van der Waals surface area contributed by atoms with Gasteiger partial charge in [-0.05, 0) is 46.3 Å². The molecule has 0 saturated heterocycles. The van der Waals surface area contributed by atoms with Crippen molar-refractivity contribution in [2.75, 3.05) is 0 Å². The van der Waals surface area contributed by atoms with Gasteiger partial charge in [0.1, 0.15) is 5.03 Å². The summed E-state index contributed by atoms with van der Waals surface area (Å²) in [6.07, 6.45) is 1.58. The predicted molar refractivity (Wildman–Crippen MR) is 80.8 cm³/mol. The minimum atomic E-state index is -3.95. The minimum Gasteiger partial charge on any atom is -0.478 e. The molecule has 0 fully saturated rings. The van der Waals surface area contributed by atoms with Crippen LogP contribution in [0, 0.1) is 0 Å². The molecule has 0 aliphatic heterocycles. The van der Waals surface area contributed by atoms with E-state index < -0.39 is 16.0 Å². The van der Waals surface area contributed by atoms with Crippen molar-refractivity contribution in [2.24, 2.45) is 5.14 Å². The average Bonchev–Trinajstić information content (AvgIpc) is 2.40. The number of sulfonamides is 1. The summed E-state index contributed by atoms with van der Waals surface area (Å²) in [5.74, 6) is -1.24. The third-order valence-electron chi connectivity index (χ3n) is 2.42. The Labute approximate surface area is 133 Å². The molecule has 3 N–H and O–H groups in total. The van der Waals surface area contributed by atoms with Gasteiger partial charge in [-0.2, -0.15) is 0 Å². The highest BCUT2D eigenvalue weighted by atomic mass is 79.9. The molecular formula is C12H9BrN2O4S2. The van der Waals surface area contributed by atoms with Gasteiger partial charge in [0.05, 0.1) is 10.5 Å². The summed E-state index contributed by atoms with van der Waals surface area (Å²) in [6.45, 7) is 0. The highest BCUT2D eigenvalue weighted by molar-refractivity contribution is 9.10. The van der Waals surface area contributed by atoms with Crippen LogP contribution in [0.5, 0.6) is 0 Å². The fourth-order valence-electron chi connectivity index (χ4n) is 1.48. The molecule has 1 aromatic carbocycles. The summed E-state index contributed by atoms with van der Waals surface area (Å²) in [5, 5.41) is 14.8. The van der Waals surface area contributed by atoms with E-state index in [0.717, 1.165) is 22.3 Å². The summed E-state index contributed by atoms with van der Waals surface area (Å²) < 4.78 is 23.4. The predicted octanol–water partition coefficient (Wildman–Crippen LogP) is 2.34. The van der Waals surface area contributed by atoms with Crippen LogP contribution in [0.4, 0.5) is 0 Å². The zero-order valence-electron chi connectivity index (χ0n) is 10.4. The van der Waals surface area contributed by atoms with Crippen molar-refractivity contribution in [1.29, 1.82) is 0 Å². The van der Waals surface area contributed by atoms with E-state index in [1.165, 1.54) is 12.1 Å². The first-order chi connectivity index (χ1) is 9.77. The first-order valence-corrected chi connectivity index (χ1v) is 8.62. The largest absolute Gasteiger partial charge is 0.478 e. The van der Waals surface area contributed by atoms with Crippen molar-refractivity contribution in [3.8, 4) is 0 Å². The Balaban J connectivity index is 2.44. The second-order valence-electron chi connectivity index (χ2n) is 3.92. The molecule has 21 heavy (non-hydrogen) atoms. The van der Waals surface area contributed by atoms with Gasteiger partial charge in [0.25, 0.3) is 0 Å². The van der Waals surface area contributed by atoms with Gasteiger partial charge in [-0.15, -0.1) is 0 Å². The maximum atomic E-state index is 11.3. The number of nitrogens with two attached hydrogens (primary N) is 1. The molecule has 110 valence electrons. The van der Waals surface area contributed by atoms with Crippen molar-refractivity contribution in [2.45, 2.75) is 14.8 Å². The van der Waals surface area contributed by atoms with Crippen molar-refractivity contribution in [1.82, 2.24) is 4.98 Å². The van der Waals surface area contributed by atoms with Crippen molar-refractivity contribution >= 4 is 43.7 Å². The number of hydrogen-bond acceptors (Lipinski definition) is 5. The molecule has 6 nitrogen and oxygen atoms in total. The van der Waals surface area contributed by atoms with E-state index in [9.17, 15) is 18.3 Å². The van der Waals surface area contributed by atoms with Gasteiger partial charge >= 0.3 is 5.97 Å². The topological polar surface area (TPSA) is 110 Å². The molecule has 0 aliphatic carbocycles. The van der Waals surface area contributed by atoms with Crippen molar-refractivity contribution in [3.05, 3.63) is 46.6 Å². The maximum Gasteiger partial charge on any atom is 0.336 e. The Hall–Kier alpha value is -1.42. The number of carbonyl (C=O) groups is 1. The number of halogens is 1. The first-order valence-electron chi connectivity index (χ1n) is 5.47. The first kappa shape index (κ1) is 16.0. The van der Waals surface area contributed by atoms with Gasteiger partial charge in [-0.1, -0.05) is 11.8 Å². The lowest BCUT2D eigenvalue weighted by atomic mass is 10.2. The molecule has 2 rings (SSSR count). The van der Waals surface area contributed by atoms with Crippen LogP contribution in [-0.2, 0) is 10.0 Å². The van der Waals surface area contributed by atoms with Gasteiger partial charge in [0, 0.05) is 15.6 Å². The van der Waals surface area contributed by atoms with Crippen LogP contribution in [0.3, 0.4) is 0 Å². The van der Waals surface area contributed by atoms with Gasteiger partial charge < -0.3 is 5.11 Å². The lowest BCUT2D eigenvalue weighted by molar-refractivity contribution is 0.0693. The van der Waals surface area contributed by atoms with E-state index in [4.69, 9.17) is 5.14 Å². The van der Waals surface area contributed by atoms with E-state index in [1.807, 2.05) is 0 Å². The molecule has 2 aromatic rings. The Bertz CT molecular complexity index is 791. The third-order valence-corrected chi connectivity index (χ3v) is 4.83. The lowest BCUT2D eigenvalue weighted by Crippen LogP contribution is -2.13. The zero-order valence-corrected chi connectivity index (χ0v) is 13.6. The Kier molecular flexibility index (Phi) is 4.67. The molecule has 0 atom stereocenters. The number of nitrogens with zero attached hydrogens (tertiary/aromatic N) is 1. The van der Waals surface area contributed by atoms with E-state index in [-0.39, 0.29) is 10.5 Å². The highest BCUT2D eigenvalue weighted by Gasteiger charge is 2.17. The SMILES string of the molecule is NS(=O)(=O)c1ccc(Sc2ccc(Br)cn2)c(C(=O)O)c1. The summed E-state index contributed by atoms with van der Waals surface area (Å²) in [6, 6.07) is 7.20. The van der Waals surface area contributed by atoms with E-state index in [1.54, 1.807) is 18.3 Å². The molecule has 0 bridgehead atoms. The second kappa shape index (κ2) is 6.14. The molecule has 9 heteroatoms. The van der Waals surface area contributed by atoms with Crippen LogP contribution >= 0.6 is 27.7 Å². The van der Waals surface area contributed by atoms with E-state index >= 15 is 0 Å². The number of rotatable bonds is 4. The Morgan fingerprint density at radius 3 is 2.52 bits per heavy atom. The van der Waals surface area contributed by atoms with E-state index in [0.29, 0.717) is 9.92 Å². The molecule has 1 heterocycles. The molecule has 0 saturated carbocycles. The fourth-order valence-corrected chi connectivity index (χ4v) is 3.11. The van der Waals surface area contributed by atoms with Crippen LogP contribution in [-0.4, -0.2) is 24.5 Å². The summed E-state index contributed by atoms with van der Waals surface area (Å²) in [7, 11) is -3.95. The number of carboxylic acids is 1. The number of primary sulfonamides is 1. The van der Waals surface area contributed by atoms with Crippen LogP contribution in [0.15, 0.2) is 55.8 Å². The third kappa shape index (κ3) is 4.03. The number of aromatic nitrogens is 1. The average molecular weight is 389 g/mol. The quantitative estimate of drug-likeness (QED) is 0.831. The normalized spacial score (nSPS) is 11.3. The lowest BCUT2D eigenvalue weighted by Gasteiger charge is -2.07. The fraction of sp³-hybridized carbons (Fsp3) is 0. The van der Waals surface area contributed by atoms with Crippen LogP contribution in [0.25, 0.3) is 0 Å². The molecule has 0 amide bonds. The monoisotopic (exact) mass is 388 g/mol. The van der Waals surface area contributed by atoms with Crippen molar-refractivity contribution < 1.29 is 18.3 Å².